The van der Waals surface area contributed by atoms with E-state index >= 15 is 0 Å². The Morgan fingerprint density at radius 1 is 1.26 bits per heavy atom. The minimum absolute atomic E-state index is 0.223. The Morgan fingerprint density at radius 2 is 2.04 bits per heavy atom. The molecular weight excluding hydrogens is 288 g/mol. The third-order valence-electron chi connectivity index (χ3n) is 4.09. The number of aryl methyl sites for hydroxylation is 1. The third kappa shape index (κ3) is 5.84. The summed E-state index contributed by atoms with van der Waals surface area (Å²) in [6, 6.07) is 8.50. The fraction of sp³-hybridized carbons (Fsp3) is 0.611. The SMILES string of the molecule is CCNC(=NCc1ccccc1CC)NCC1CN(C)CCO1. The first-order valence-electron chi connectivity index (χ1n) is 8.62. The molecule has 0 aliphatic carbocycles. The first-order valence-corrected chi connectivity index (χ1v) is 8.62. The predicted molar refractivity (Wildman–Crippen MR) is 95.9 cm³/mol. The molecule has 1 heterocycles. The summed E-state index contributed by atoms with van der Waals surface area (Å²) in [6.45, 7) is 9.39. The van der Waals surface area contributed by atoms with Gasteiger partial charge in [-0.15, -0.1) is 0 Å². The highest BCUT2D eigenvalue weighted by molar-refractivity contribution is 5.79. The van der Waals surface area contributed by atoms with Crippen LogP contribution in [0.2, 0.25) is 0 Å². The average molecular weight is 318 g/mol. The second kappa shape index (κ2) is 9.53. The van der Waals surface area contributed by atoms with Crippen LogP contribution in [-0.4, -0.2) is 56.8 Å². The van der Waals surface area contributed by atoms with Gasteiger partial charge in [0.1, 0.15) is 0 Å². The van der Waals surface area contributed by atoms with E-state index in [0.29, 0.717) is 6.54 Å². The highest BCUT2D eigenvalue weighted by atomic mass is 16.5. The topological polar surface area (TPSA) is 48.9 Å². The van der Waals surface area contributed by atoms with Gasteiger partial charge in [-0.05, 0) is 31.5 Å². The molecule has 1 fully saturated rings. The second-order valence-electron chi connectivity index (χ2n) is 5.95. The lowest BCUT2D eigenvalue weighted by molar-refractivity contribution is -0.0161. The summed E-state index contributed by atoms with van der Waals surface area (Å²) in [4.78, 5) is 7.02. The molecule has 1 aromatic carbocycles. The number of likely N-dealkylation sites (N-methyl/N-ethyl adjacent to an activating group) is 1. The highest BCUT2D eigenvalue weighted by Gasteiger charge is 2.17. The number of nitrogens with one attached hydrogen (secondary N) is 2. The van der Waals surface area contributed by atoms with Crippen molar-refractivity contribution in [2.24, 2.45) is 4.99 Å². The van der Waals surface area contributed by atoms with Crippen LogP contribution in [0.25, 0.3) is 0 Å². The molecule has 1 aliphatic heterocycles. The van der Waals surface area contributed by atoms with Gasteiger partial charge in [-0.25, -0.2) is 4.99 Å². The number of hydrogen-bond acceptors (Lipinski definition) is 3. The van der Waals surface area contributed by atoms with E-state index in [9.17, 15) is 0 Å². The fourth-order valence-electron chi connectivity index (χ4n) is 2.76. The number of ether oxygens (including phenoxy) is 1. The molecule has 2 N–H and O–H groups in total. The number of morpholine rings is 1. The zero-order valence-corrected chi connectivity index (χ0v) is 14.6. The van der Waals surface area contributed by atoms with Crippen LogP contribution in [0.5, 0.6) is 0 Å². The van der Waals surface area contributed by atoms with Gasteiger partial charge in [-0.3, -0.25) is 0 Å². The van der Waals surface area contributed by atoms with Gasteiger partial charge in [0, 0.05) is 26.2 Å². The van der Waals surface area contributed by atoms with Crippen molar-refractivity contribution in [2.75, 3.05) is 39.8 Å². The van der Waals surface area contributed by atoms with Crippen molar-refractivity contribution in [3.63, 3.8) is 0 Å². The van der Waals surface area contributed by atoms with Crippen LogP contribution in [0, 0.1) is 0 Å². The first kappa shape index (κ1) is 17.8. The number of nitrogens with zero attached hydrogens (tertiary/aromatic N) is 2. The van der Waals surface area contributed by atoms with Gasteiger partial charge < -0.3 is 20.3 Å². The van der Waals surface area contributed by atoms with Gasteiger partial charge in [0.25, 0.3) is 0 Å². The van der Waals surface area contributed by atoms with Gasteiger partial charge in [-0.2, -0.15) is 0 Å². The minimum atomic E-state index is 0.223. The number of hydrogen-bond donors (Lipinski definition) is 2. The van der Waals surface area contributed by atoms with E-state index in [1.165, 1.54) is 11.1 Å². The summed E-state index contributed by atoms with van der Waals surface area (Å²) in [6.07, 6.45) is 1.26. The molecule has 0 radical (unpaired) electrons. The lowest BCUT2D eigenvalue weighted by atomic mass is 10.1. The molecule has 0 saturated carbocycles. The quantitative estimate of drug-likeness (QED) is 0.618. The van der Waals surface area contributed by atoms with E-state index in [2.05, 4.69) is 60.7 Å². The van der Waals surface area contributed by atoms with Crippen LogP contribution < -0.4 is 10.6 Å². The summed E-state index contributed by atoms with van der Waals surface area (Å²) in [7, 11) is 2.14. The molecule has 1 unspecified atom stereocenters. The van der Waals surface area contributed by atoms with Crippen molar-refractivity contribution in [2.45, 2.75) is 32.9 Å². The van der Waals surface area contributed by atoms with Crippen LogP contribution in [0.4, 0.5) is 0 Å². The van der Waals surface area contributed by atoms with Crippen molar-refractivity contribution in [1.29, 1.82) is 0 Å². The molecular formula is C18H30N4O. The molecule has 0 spiro atoms. The summed E-state index contributed by atoms with van der Waals surface area (Å²) in [5, 5.41) is 6.72. The zero-order valence-electron chi connectivity index (χ0n) is 14.6. The minimum Gasteiger partial charge on any atom is -0.374 e. The number of benzene rings is 1. The van der Waals surface area contributed by atoms with Crippen molar-refractivity contribution in [3.8, 4) is 0 Å². The smallest absolute Gasteiger partial charge is 0.191 e. The Kier molecular flexibility index (Phi) is 7.36. The Labute approximate surface area is 140 Å². The van der Waals surface area contributed by atoms with E-state index in [4.69, 9.17) is 9.73 Å². The molecule has 23 heavy (non-hydrogen) atoms. The second-order valence-corrected chi connectivity index (χ2v) is 5.95. The molecule has 128 valence electrons. The van der Waals surface area contributed by atoms with E-state index in [1.807, 2.05) is 0 Å². The van der Waals surface area contributed by atoms with Crippen LogP contribution in [0.1, 0.15) is 25.0 Å². The van der Waals surface area contributed by atoms with Gasteiger partial charge in [0.15, 0.2) is 5.96 Å². The largest absolute Gasteiger partial charge is 0.374 e. The van der Waals surface area contributed by atoms with Gasteiger partial charge in [0.2, 0.25) is 0 Å². The maximum Gasteiger partial charge on any atom is 0.191 e. The molecule has 0 aromatic heterocycles. The summed E-state index contributed by atoms with van der Waals surface area (Å²) < 4.78 is 5.79. The Hall–Kier alpha value is -1.59. The van der Waals surface area contributed by atoms with Crippen molar-refractivity contribution >= 4 is 5.96 Å². The molecule has 0 amide bonds. The Balaban J connectivity index is 1.91. The predicted octanol–water partition coefficient (Wildman–Crippen LogP) is 1.63. The molecule has 5 nitrogen and oxygen atoms in total. The number of rotatable bonds is 6. The lowest BCUT2D eigenvalue weighted by Gasteiger charge is -2.30. The Morgan fingerprint density at radius 3 is 2.74 bits per heavy atom. The van der Waals surface area contributed by atoms with Crippen molar-refractivity contribution in [3.05, 3.63) is 35.4 Å². The molecule has 0 bridgehead atoms. The number of aliphatic imine (C=N–C) groups is 1. The van der Waals surface area contributed by atoms with Crippen LogP contribution in [0.3, 0.4) is 0 Å². The van der Waals surface area contributed by atoms with E-state index in [1.54, 1.807) is 0 Å². The lowest BCUT2D eigenvalue weighted by Crippen LogP contribution is -2.48. The summed E-state index contributed by atoms with van der Waals surface area (Å²) in [5.41, 5.74) is 2.66. The standard InChI is InChI=1S/C18H30N4O/c1-4-15-8-6-7-9-16(15)12-20-18(19-5-2)21-13-17-14-22(3)10-11-23-17/h6-9,17H,4-5,10-14H2,1-3H3,(H2,19,20,21). The van der Waals surface area contributed by atoms with E-state index in [0.717, 1.165) is 45.2 Å². The number of guanidine groups is 1. The molecule has 5 heteroatoms. The molecule has 1 aliphatic rings. The first-order chi connectivity index (χ1) is 11.2. The van der Waals surface area contributed by atoms with Crippen LogP contribution >= 0.6 is 0 Å². The van der Waals surface area contributed by atoms with Crippen LogP contribution in [0.15, 0.2) is 29.3 Å². The summed E-state index contributed by atoms with van der Waals surface area (Å²) in [5.74, 6) is 0.857. The van der Waals surface area contributed by atoms with E-state index < -0.39 is 0 Å². The maximum atomic E-state index is 5.79. The zero-order chi connectivity index (χ0) is 16.5. The average Bonchev–Trinajstić information content (AvgIpc) is 2.57. The normalized spacial score (nSPS) is 19.6. The van der Waals surface area contributed by atoms with Gasteiger partial charge >= 0.3 is 0 Å². The highest BCUT2D eigenvalue weighted by Crippen LogP contribution is 2.10. The fourth-order valence-corrected chi connectivity index (χ4v) is 2.76. The van der Waals surface area contributed by atoms with Crippen LogP contribution in [-0.2, 0) is 17.7 Å². The molecule has 2 rings (SSSR count). The molecule has 1 aromatic rings. The maximum absolute atomic E-state index is 5.79. The summed E-state index contributed by atoms with van der Waals surface area (Å²) >= 11 is 0. The van der Waals surface area contributed by atoms with Gasteiger partial charge in [0.05, 0.1) is 19.3 Å². The Bertz CT molecular complexity index is 504. The van der Waals surface area contributed by atoms with E-state index in [-0.39, 0.29) is 6.10 Å². The molecule has 1 atom stereocenters. The molecule has 1 saturated heterocycles. The third-order valence-corrected chi connectivity index (χ3v) is 4.09. The monoisotopic (exact) mass is 318 g/mol. The van der Waals surface area contributed by atoms with Crippen molar-refractivity contribution in [1.82, 2.24) is 15.5 Å². The van der Waals surface area contributed by atoms with Gasteiger partial charge in [-0.1, -0.05) is 31.2 Å². The van der Waals surface area contributed by atoms with Crippen molar-refractivity contribution < 1.29 is 4.74 Å².